The molecule has 1 aromatic carbocycles. The maximum atomic E-state index is 4.94. The fraction of sp³-hybridized carbons (Fsp3) is 0.231. The molecule has 0 radical (unpaired) electrons. The topological polar surface area (TPSA) is 41.6 Å². The molecule has 3 aromatic rings. The molecule has 3 rings (SSSR count). The van der Waals surface area contributed by atoms with Gasteiger partial charge in [-0.25, -0.2) is 4.98 Å². The summed E-state index contributed by atoms with van der Waals surface area (Å²) >= 11 is 0. The first-order valence-corrected chi connectivity index (χ1v) is 10.2. The molecule has 0 unspecified atom stereocenters. The van der Waals surface area contributed by atoms with E-state index >= 15 is 0 Å². The number of pyridine rings is 1. The number of allylic oxidation sites excluding steroid dienone is 5. The summed E-state index contributed by atoms with van der Waals surface area (Å²) < 4.78 is 0. The Kier molecular flexibility index (Phi) is 6.96. The van der Waals surface area contributed by atoms with Gasteiger partial charge < -0.3 is 4.98 Å². The molecule has 0 atom stereocenters. The lowest BCUT2D eigenvalue weighted by molar-refractivity contribution is 0.913. The van der Waals surface area contributed by atoms with Gasteiger partial charge in [0.25, 0.3) is 0 Å². The normalized spacial score (nSPS) is 11.9. The first-order valence-electron chi connectivity index (χ1n) is 10.2. The zero-order valence-corrected chi connectivity index (χ0v) is 17.6. The van der Waals surface area contributed by atoms with Gasteiger partial charge >= 0.3 is 0 Å². The van der Waals surface area contributed by atoms with Crippen molar-refractivity contribution >= 4 is 0 Å². The minimum Gasteiger partial charge on any atom is -0.340 e. The van der Waals surface area contributed by atoms with Gasteiger partial charge in [-0.2, -0.15) is 0 Å². The highest BCUT2D eigenvalue weighted by atomic mass is 15.0. The third-order valence-corrected chi connectivity index (χ3v) is 5.01. The standard InChI is InChI=1S/C26H29N3/c1-5-11-21-18-22(16-15-19(21)4)25-26(23-13-8-9-17-27-23)29-24(28-25)14-10-12-20(6-2)7-3/h6-10,12-13,15-18H,2,5,11,14H2,1,3-4H3,(H,28,29)/b12-10-,20-7-. The lowest BCUT2D eigenvalue weighted by Crippen LogP contribution is -1.92. The average molecular weight is 384 g/mol. The van der Waals surface area contributed by atoms with Crippen LogP contribution in [0.5, 0.6) is 0 Å². The molecule has 0 saturated heterocycles. The van der Waals surface area contributed by atoms with Crippen molar-refractivity contribution in [2.24, 2.45) is 0 Å². The molecule has 1 N–H and O–H groups in total. The maximum absolute atomic E-state index is 4.94. The van der Waals surface area contributed by atoms with Crippen LogP contribution in [0.25, 0.3) is 22.6 Å². The Hall–Kier alpha value is -3.20. The molecule has 0 aliphatic carbocycles. The van der Waals surface area contributed by atoms with E-state index in [0.29, 0.717) is 0 Å². The molecular weight excluding hydrogens is 354 g/mol. The van der Waals surface area contributed by atoms with Gasteiger partial charge in [-0.15, -0.1) is 0 Å². The summed E-state index contributed by atoms with van der Waals surface area (Å²) in [6.45, 7) is 10.2. The summed E-state index contributed by atoms with van der Waals surface area (Å²) in [4.78, 5) is 13.0. The molecule has 0 aliphatic rings. The molecule has 29 heavy (non-hydrogen) atoms. The summed E-state index contributed by atoms with van der Waals surface area (Å²) in [7, 11) is 0. The quantitative estimate of drug-likeness (QED) is 0.443. The number of imidazole rings is 1. The minimum atomic E-state index is 0.721. The summed E-state index contributed by atoms with van der Waals surface area (Å²) in [5.41, 5.74) is 7.77. The zero-order chi connectivity index (χ0) is 20.6. The molecule has 3 nitrogen and oxygen atoms in total. The third-order valence-electron chi connectivity index (χ3n) is 5.01. The van der Waals surface area contributed by atoms with Crippen molar-refractivity contribution in [3.8, 4) is 22.6 Å². The number of hydrogen-bond donors (Lipinski definition) is 1. The van der Waals surface area contributed by atoms with Crippen LogP contribution >= 0.6 is 0 Å². The number of nitrogens with one attached hydrogen (secondary N) is 1. The van der Waals surface area contributed by atoms with Gasteiger partial charge in [0.2, 0.25) is 0 Å². The number of aryl methyl sites for hydroxylation is 2. The van der Waals surface area contributed by atoms with Gasteiger partial charge in [0.15, 0.2) is 0 Å². The van der Waals surface area contributed by atoms with Crippen LogP contribution in [-0.4, -0.2) is 15.0 Å². The molecule has 2 heterocycles. The van der Waals surface area contributed by atoms with Gasteiger partial charge in [0, 0.05) is 18.2 Å². The van der Waals surface area contributed by atoms with E-state index in [4.69, 9.17) is 4.98 Å². The molecule has 3 heteroatoms. The Morgan fingerprint density at radius 1 is 1.21 bits per heavy atom. The fourth-order valence-corrected chi connectivity index (χ4v) is 3.37. The highest BCUT2D eigenvalue weighted by Gasteiger charge is 2.15. The SMILES string of the molecule is C=CC(/C=C\Cc1nc(-c2ccc(C)c(CCC)c2)c(-c2ccccn2)[nH]1)=C/C. The Balaban J connectivity index is 2.02. The van der Waals surface area contributed by atoms with Crippen molar-refractivity contribution in [2.45, 2.75) is 40.0 Å². The Morgan fingerprint density at radius 2 is 2.07 bits per heavy atom. The lowest BCUT2D eigenvalue weighted by atomic mass is 9.98. The van der Waals surface area contributed by atoms with Crippen molar-refractivity contribution in [2.75, 3.05) is 0 Å². The fourth-order valence-electron chi connectivity index (χ4n) is 3.37. The van der Waals surface area contributed by atoms with Crippen molar-refractivity contribution < 1.29 is 0 Å². The molecule has 0 bridgehead atoms. The summed E-state index contributed by atoms with van der Waals surface area (Å²) in [6, 6.07) is 12.6. The average Bonchev–Trinajstić information content (AvgIpc) is 3.18. The number of hydrogen-bond acceptors (Lipinski definition) is 2. The molecule has 0 amide bonds. The smallest absolute Gasteiger partial charge is 0.111 e. The summed E-state index contributed by atoms with van der Waals surface area (Å²) in [5, 5.41) is 0. The summed E-state index contributed by atoms with van der Waals surface area (Å²) in [6.07, 6.45) is 12.8. The van der Waals surface area contributed by atoms with Crippen molar-refractivity contribution in [1.82, 2.24) is 15.0 Å². The van der Waals surface area contributed by atoms with Crippen LogP contribution in [0.1, 0.15) is 37.2 Å². The second-order valence-electron chi connectivity index (χ2n) is 7.11. The van der Waals surface area contributed by atoms with E-state index in [1.165, 1.54) is 11.1 Å². The molecule has 0 spiro atoms. The van der Waals surface area contributed by atoms with E-state index in [2.05, 4.69) is 60.7 Å². The van der Waals surface area contributed by atoms with Crippen LogP contribution in [0, 0.1) is 6.92 Å². The molecular formula is C26H29N3. The van der Waals surface area contributed by atoms with Crippen LogP contribution in [-0.2, 0) is 12.8 Å². The molecule has 148 valence electrons. The van der Waals surface area contributed by atoms with Gasteiger partial charge in [-0.1, -0.05) is 62.4 Å². The highest BCUT2D eigenvalue weighted by Crippen LogP contribution is 2.30. The number of nitrogens with zero attached hydrogens (tertiary/aromatic N) is 2. The van der Waals surface area contributed by atoms with Crippen molar-refractivity contribution in [1.29, 1.82) is 0 Å². The first kappa shape index (κ1) is 20.5. The Morgan fingerprint density at radius 3 is 2.76 bits per heavy atom. The van der Waals surface area contributed by atoms with Gasteiger partial charge in [0.1, 0.15) is 5.82 Å². The molecule has 0 fully saturated rings. The maximum Gasteiger partial charge on any atom is 0.111 e. The monoisotopic (exact) mass is 383 g/mol. The molecule has 2 aromatic heterocycles. The predicted molar refractivity (Wildman–Crippen MR) is 123 cm³/mol. The van der Waals surface area contributed by atoms with Crippen LogP contribution in [0.4, 0.5) is 0 Å². The first-order chi connectivity index (χ1) is 14.2. The van der Waals surface area contributed by atoms with E-state index in [0.717, 1.165) is 53.3 Å². The van der Waals surface area contributed by atoms with Gasteiger partial charge in [0.05, 0.1) is 17.1 Å². The lowest BCUT2D eigenvalue weighted by Gasteiger charge is -2.08. The molecule has 0 saturated carbocycles. The Bertz CT molecular complexity index is 1020. The summed E-state index contributed by atoms with van der Waals surface area (Å²) in [5.74, 6) is 0.925. The van der Waals surface area contributed by atoms with Crippen LogP contribution < -0.4 is 0 Å². The number of H-pyrrole nitrogens is 1. The minimum absolute atomic E-state index is 0.721. The number of benzene rings is 1. The number of rotatable bonds is 8. The second kappa shape index (κ2) is 9.83. The van der Waals surface area contributed by atoms with Crippen molar-refractivity contribution in [3.63, 3.8) is 0 Å². The molecule has 0 aliphatic heterocycles. The van der Waals surface area contributed by atoms with E-state index in [-0.39, 0.29) is 0 Å². The van der Waals surface area contributed by atoms with E-state index in [9.17, 15) is 0 Å². The van der Waals surface area contributed by atoms with Crippen molar-refractivity contribution in [3.05, 3.63) is 96.0 Å². The zero-order valence-electron chi connectivity index (χ0n) is 17.6. The van der Waals surface area contributed by atoms with Gasteiger partial charge in [-0.3, -0.25) is 4.98 Å². The van der Waals surface area contributed by atoms with Crippen LogP contribution in [0.2, 0.25) is 0 Å². The van der Waals surface area contributed by atoms with E-state index in [1.54, 1.807) is 0 Å². The number of aromatic nitrogens is 3. The largest absolute Gasteiger partial charge is 0.340 e. The second-order valence-corrected chi connectivity index (χ2v) is 7.11. The van der Waals surface area contributed by atoms with Crippen LogP contribution in [0.15, 0.2) is 79.1 Å². The van der Waals surface area contributed by atoms with E-state index in [1.807, 2.05) is 43.5 Å². The number of aromatic amines is 1. The van der Waals surface area contributed by atoms with Crippen LogP contribution in [0.3, 0.4) is 0 Å². The highest BCUT2D eigenvalue weighted by molar-refractivity contribution is 5.77. The third kappa shape index (κ3) is 5.00. The van der Waals surface area contributed by atoms with E-state index < -0.39 is 0 Å². The predicted octanol–water partition coefficient (Wildman–Crippen LogP) is 6.63. The van der Waals surface area contributed by atoms with Gasteiger partial charge in [-0.05, 0) is 55.2 Å². The Labute approximate surface area is 174 Å².